The number of hydrogen-bond acceptors (Lipinski definition) is 3. The molecule has 15 heavy (non-hydrogen) atoms. The first kappa shape index (κ1) is 12.9. The third kappa shape index (κ3) is 4.49. The monoisotopic (exact) mass is 215 g/mol. The Morgan fingerprint density at radius 2 is 2.13 bits per heavy atom. The molecule has 90 valence electrons. The average Bonchev–Trinajstić information content (AvgIpc) is 2.72. The maximum atomic E-state index is 9.88. The molecule has 2 unspecified atom stereocenters. The van der Waals surface area contributed by atoms with Crippen LogP contribution < -0.4 is 5.32 Å². The normalized spacial score (nSPS) is 23.6. The first-order chi connectivity index (χ1) is 7.27. The molecular formula is C12H25NO2. The molecule has 1 aliphatic heterocycles. The van der Waals surface area contributed by atoms with Gasteiger partial charge in [-0.05, 0) is 18.8 Å². The van der Waals surface area contributed by atoms with Gasteiger partial charge in [-0.3, -0.25) is 0 Å². The zero-order chi connectivity index (χ0) is 11.1. The highest BCUT2D eigenvalue weighted by atomic mass is 16.5. The summed E-state index contributed by atoms with van der Waals surface area (Å²) >= 11 is 0. The summed E-state index contributed by atoms with van der Waals surface area (Å²) < 4.78 is 5.50. The summed E-state index contributed by atoms with van der Waals surface area (Å²) in [6.45, 7) is 6.76. The van der Waals surface area contributed by atoms with Crippen LogP contribution in [0.15, 0.2) is 0 Å². The first-order valence-electron chi connectivity index (χ1n) is 6.28. The Morgan fingerprint density at radius 1 is 1.40 bits per heavy atom. The van der Waals surface area contributed by atoms with E-state index in [1.54, 1.807) is 0 Å². The topological polar surface area (TPSA) is 41.5 Å². The average molecular weight is 215 g/mol. The molecule has 1 rings (SSSR count). The van der Waals surface area contributed by atoms with Gasteiger partial charge in [-0.15, -0.1) is 0 Å². The van der Waals surface area contributed by atoms with Crippen molar-refractivity contribution in [1.82, 2.24) is 5.32 Å². The molecule has 2 atom stereocenters. The van der Waals surface area contributed by atoms with Crippen molar-refractivity contribution in [2.24, 2.45) is 5.92 Å². The molecule has 3 heteroatoms. The smallest absolute Gasteiger partial charge is 0.0700 e. The summed E-state index contributed by atoms with van der Waals surface area (Å²) in [5, 5.41) is 13.2. The van der Waals surface area contributed by atoms with Crippen LogP contribution in [0.5, 0.6) is 0 Å². The van der Waals surface area contributed by atoms with Crippen molar-refractivity contribution in [1.29, 1.82) is 0 Å². The van der Waals surface area contributed by atoms with E-state index >= 15 is 0 Å². The van der Waals surface area contributed by atoms with E-state index < -0.39 is 0 Å². The van der Waals surface area contributed by atoms with Gasteiger partial charge < -0.3 is 15.2 Å². The van der Waals surface area contributed by atoms with Gasteiger partial charge in [-0.2, -0.15) is 0 Å². The highest BCUT2D eigenvalue weighted by Gasteiger charge is 2.17. The summed E-state index contributed by atoms with van der Waals surface area (Å²) in [6, 6.07) is 0. The molecule has 1 fully saturated rings. The number of rotatable bonds is 7. The van der Waals surface area contributed by atoms with Crippen molar-refractivity contribution in [2.75, 3.05) is 19.7 Å². The Morgan fingerprint density at radius 3 is 2.67 bits per heavy atom. The number of ether oxygens (including phenoxy) is 1. The Labute approximate surface area is 93.2 Å². The lowest BCUT2D eigenvalue weighted by Crippen LogP contribution is -2.36. The molecule has 0 aromatic carbocycles. The molecule has 0 spiro atoms. The van der Waals surface area contributed by atoms with Crippen LogP contribution in [0.3, 0.4) is 0 Å². The lowest BCUT2D eigenvalue weighted by Gasteiger charge is -2.21. The third-order valence-electron chi connectivity index (χ3n) is 3.34. The lowest BCUT2D eigenvalue weighted by molar-refractivity contribution is 0.0842. The van der Waals surface area contributed by atoms with Crippen molar-refractivity contribution in [3.63, 3.8) is 0 Å². The highest BCUT2D eigenvalue weighted by molar-refractivity contribution is 4.72. The van der Waals surface area contributed by atoms with Gasteiger partial charge in [-0.1, -0.05) is 26.7 Å². The van der Waals surface area contributed by atoms with Crippen LogP contribution >= 0.6 is 0 Å². The molecule has 0 radical (unpaired) electrons. The predicted molar refractivity (Wildman–Crippen MR) is 61.9 cm³/mol. The van der Waals surface area contributed by atoms with E-state index in [9.17, 15) is 5.11 Å². The second-order valence-corrected chi connectivity index (χ2v) is 4.44. The number of hydrogen-bond donors (Lipinski definition) is 2. The van der Waals surface area contributed by atoms with E-state index in [2.05, 4.69) is 19.2 Å². The Hall–Kier alpha value is -0.120. The maximum Gasteiger partial charge on any atom is 0.0700 e. The fourth-order valence-electron chi connectivity index (χ4n) is 2.20. The number of aliphatic hydroxyl groups is 1. The molecule has 0 saturated carbocycles. The second kappa shape index (κ2) is 7.20. The van der Waals surface area contributed by atoms with Crippen LogP contribution in [-0.4, -0.2) is 37.0 Å². The van der Waals surface area contributed by atoms with Crippen molar-refractivity contribution in [3.8, 4) is 0 Å². The Bertz CT molecular complexity index is 154. The van der Waals surface area contributed by atoms with Crippen molar-refractivity contribution in [3.05, 3.63) is 0 Å². The van der Waals surface area contributed by atoms with E-state index in [1.165, 1.54) is 6.42 Å². The van der Waals surface area contributed by atoms with Gasteiger partial charge in [0.05, 0.1) is 12.2 Å². The molecule has 0 bridgehead atoms. The van der Waals surface area contributed by atoms with Crippen molar-refractivity contribution in [2.45, 2.75) is 51.7 Å². The highest BCUT2D eigenvalue weighted by Crippen LogP contribution is 2.13. The summed E-state index contributed by atoms with van der Waals surface area (Å²) in [4.78, 5) is 0. The summed E-state index contributed by atoms with van der Waals surface area (Å²) in [6.07, 6.45) is 4.62. The zero-order valence-electron chi connectivity index (χ0n) is 10.0. The SMILES string of the molecule is CCC(CC)C(O)CNCC1CCCO1. The van der Waals surface area contributed by atoms with Crippen LogP contribution in [0.25, 0.3) is 0 Å². The summed E-state index contributed by atoms with van der Waals surface area (Å²) in [5.41, 5.74) is 0. The van der Waals surface area contributed by atoms with Gasteiger partial charge in [0, 0.05) is 19.7 Å². The molecule has 0 aromatic heterocycles. The standard InChI is InChI=1S/C12H25NO2/c1-3-10(4-2)12(14)9-13-8-11-6-5-7-15-11/h10-14H,3-9H2,1-2H3. The Balaban J connectivity index is 2.07. The predicted octanol–water partition coefficient (Wildman–Crippen LogP) is 1.55. The molecule has 1 saturated heterocycles. The molecule has 3 nitrogen and oxygen atoms in total. The molecule has 2 N–H and O–H groups in total. The number of aliphatic hydroxyl groups excluding tert-OH is 1. The van der Waals surface area contributed by atoms with Crippen molar-refractivity contribution >= 4 is 0 Å². The fourth-order valence-corrected chi connectivity index (χ4v) is 2.20. The molecule has 1 heterocycles. The van der Waals surface area contributed by atoms with Gasteiger partial charge in [0.2, 0.25) is 0 Å². The second-order valence-electron chi connectivity index (χ2n) is 4.44. The van der Waals surface area contributed by atoms with Crippen LogP contribution in [0.2, 0.25) is 0 Å². The summed E-state index contributed by atoms with van der Waals surface area (Å²) in [5.74, 6) is 0.432. The van der Waals surface area contributed by atoms with Crippen LogP contribution in [0.1, 0.15) is 39.5 Å². The van der Waals surface area contributed by atoms with E-state index in [-0.39, 0.29) is 6.10 Å². The molecule has 0 aliphatic carbocycles. The largest absolute Gasteiger partial charge is 0.392 e. The molecule has 0 aromatic rings. The first-order valence-corrected chi connectivity index (χ1v) is 6.28. The maximum absolute atomic E-state index is 9.88. The van der Waals surface area contributed by atoms with Crippen LogP contribution in [0.4, 0.5) is 0 Å². The van der Waals surface area contributed by atoms with E-state index in [0.29, 0.717) is 18.6 Å². The minimum absolute atomic E-state index is 0.207. The van der Waals surface area contributed by atoms with Crippen molar-refractivity contribution < 1.29 is 9.84 Å². The van der Waals surface area contributed by atoms with Gasteiger partial charge in [-0.25, -0.2) is 0 Å². The van der Waals surface area contributed by atoms with Gasteiger partial charge in [0.25, 0.3) is 0 Å². The Kier molecular flexibility index (Phi) is 6.22. The third-order valence-corrected chi connectivity index (χ3v) is 3.34. The molecule has 1 aliphatic rings. The summed E-state index contributed by atoms with van der Waals surface area (Å²) in [7, 11) is 0. The quantitative estimate of drug-likeness (QED) is 0.677. The minimum atomic E-state index is -0.207. The van der Waals surface area contributed by atoms with Crippen LogP contribution in [-0.2, 0) is 4.74 Å². The van der Waals surface area contributed by atoms with E-state index in [0.717, 1.165) is 32.4 Å². The lowest BCUT2D eigenvalue weighted by atomic mass is 9.96. The number of nitrogens with one attached hydrogen (secondary N) is 1. The van der Waals surface area contributed by atoms with Gasteiger partial charge in [0.15, 0.2) is 0 Å². The van der Waals surface area contributed by atoms with Gasteiger partial charge in [0.1, 0.15) is 0 Å². The molecular weight excluding hydrogens is 190 g/mol. The van der Waals surface area contributed by atoms with Gasteiger partial charge >= 0.3 is 0 Å². The van der Waals surface area contributed by atoms with E-state index in [4.69, 9.17) is 4.74 Å². The van der Waals surface area contributed by atoms with E-state index in [1.807, 2.05) is 0 Å². The fraction of sp³-hybridized carbons (Fsp3) is 1.00. The molecule has 0 amide bonds. The van der Waals surface area contributed by atoms with Crippen LogP contribution in [0, 0.1) is 5.92 Å². The zero-order valence-corrected chi connectivity index (χ0v) is 10.0. The minimum Gasteiger partial charge on any atom is -0.392 e.